The Labute approximate surface area is 185 Å². The lowest BCUT2D eigenvalue weighted by Gasteiger charge is -2.09. The molecule has 4 rings (SSSR count). The van der Waals surface area contributed by atoms with Gasteiger partial charge >= 0.3 is 0 Å². The summed E-state index contributed by atoms with van der Waals surface area (Å²) in [4.78, 5) is 25.8. The molecule has 154 valence electrons. The summed E-state index contributed by atoms with van der Waals surface area (Å²) in [5.41, 5.74) is 3.21. The number of carbonyl (C=O) groups is 2. The van der Waals surface area contributed by atoms with Crippen LogP contribution in [0.15, 0.2) is 95.9 Å². The van der Waals surface area contributed by atoms with Crippen LogP contribution in [0.5, 0.6) is 0 Å². The molecule has 0 radical (unpaired) electrons. The van der Waals surface area contributed by atoms with Gasteiger partial charge < -0.3 is 10.6 Å². The number of benzene rings is 4. The van der Waals surface area contributed by atoms with E-state index in [0.29, 0.717) is 11.3 Å². The van der Waals surface area contributed by atoms with Crippen molar-refractivity contribution in [3.05, 3.63) is 102 Å². The molecule has 4 aromatic carbocycles. The van der Waals surface area contributed by atoms with Gasteiger partial charge in [0.15, 0.2) is 0 Å². The van der Waals surface area contributed by atoms with E-state index in [1.165, 1.54) is 11.8 Å². The molecule has 0 saturated carbocycles. The van der Waals surface area contributed by atoms with Crippen molar-refractivity contribution in [3.8, 4) is 0 Å². The second-order valence-corrected chi connectivity index (χ2v) is 8.26. The van der Waals surface area contributed by atoms with Crippen LogP contribution >= 0.6 is 11.8 Å². The van der Waals surface area contributed by atoms with Crippen LogP contribution in [0.4, 0.5) is 11.4 Å². The molecule has 0 aliphatic rings. The highest BCUT2D eigenvalue weighted by atomic mass is 32.2. The number of rotatable bonds is 6. The zero-order valence-electron chi connectivity index (χ0n) is 17.1. The summed E-state index contributed by atoms with van der Waals surface area (Å²) in [7, 11) is 0. The molecule has 0 unspecified atom stereocenters. The molecule has 5 heteroatoms. The van der Waals surface area contributed by atoms with Gasteiger partial charge in [-0.1, -0.05) is 54.1 Å². The van der Waals surface area contributed by atoms with Crippen LogP contribution in [-0.2, 0) is 4.79 Å². The van der Waals surface area contributed by atoms with Crippen molar-refractivity contribution in [2.75, 3.05) is 16.4 Å². The first kappa shape index (κ1) is 20.7. The number of thioether (sulfide) groups is 1. The third-order valence-corrected chi connectivity index (χ3v) is 5.84. The minimum Gasteiger partial charge on any atom is -0.325 e. The Morgan fingerprint density at radius 1 is 0.806 bits per heavy atom. The maximum atomic E-state index is 12.4. The summed E-state index contributed by atoms with van der Waals surface area (Å²) in [6.07, 6.45) is 0. The van der Waals surface area contributed by atoms with Crippen molar-refractivity contribution >= 4 is 45.7 Å². The number of hydrogen-bond donors (Lipinski definition) is 2. The first-order valence-corrected chi connectivity index (χ1v) is 11.0. The van der Waals surface area contributed by atoms with E-state index in [4.69, 9.17) is 0 Å². The highest BCUT2D eigenvalue weighted by molar-refractivity contribution is 8.00. The van der Waals surface area contributed by atoms with Gasteiger partial charge in [0, 0.05) is 27.2 Å². The fraction of sp³-hybridized carbons (Fsp3) is 0.0769. The minimum atomic E-state index is -0.140. The van der Waals surface area contributed by atoms with Crippen molar-refractivity contribution in [1.82, 2.24) is 0 Å². The molecule has 0 aromatic heterocycles. The van der Waals surface area contributed by atoms with Crippen molar-refractivity contribution < 1.29 is 9.59 Å². The van der Waals surface area contributed by atoms with E-state index in [1.54, 1.807) is 6.07 Å². The number of carbonyl (C=O) groups excluding carboxylic acids is 2. The third-order valence-electron chi connectivity index (χ3n) is 4.83. The van der Waals surface area contributed by atoms with Gasteiger partial charge in [-0.2, -0.15) is 0 Å². The number of hydrogen-bond acceptors (Lipinski definition) is 3. The van der Waals surface area contributed by atoms with Gasteiger partial charge in [0.05, 0.1) is 5.75 Å². The summed E-state index contributed by atoms with van der Waals surface area (Å²) in [6, 6.07) is 28.8. The Kier molecular flexibility index (Phi) is 6.34. The van der Waals surface area contributed by atoms with E-state index in [2.05, 4.69) is 10.6 Å². The van der Waals surface area contributed by atoms with Crippen LogP contribution in [-0.4, -0.2) is 17.6 Å². The molecule has 0 atom stereocenters. The first-order chi connectivity index (χ1) is 15.1. The van der Waals surface area contributed by atoms with Crippen LogP contribution < -0.4 is 10.6 Å². The van der Waals surface area contributed by atoms with Gasteiger partial charge in [0.25, 0.3) is 5.91 Å². The number of amides is 2. The summed E-state index contributed by atoms with van der Waals surface area (Å²) in [5.74, 6) is 0.106. The van der Waals surface area contributed by atoms with Crippen molar-refractivity contribution in [3.63, 3.8) is 0 Å². The molecule has 0 saturated heterocycles. The second-order valence-electron chi connectivity index (χ2n) is 7.21. The highest BCUT2D eigenvalue weighted by Gasteiger charge is 2.08. The molecule has 0 fully saturated rings. The van der Waals surface area contributed by atoms with Crippen LogP contribution in [0.3, 0.4) is 0 Å². The Balaban J connectivity index is 1.33. The lowest BCUT2D eigenvalue weighted by molar-refractivity contribution is -0.113. The Morgan fingerprint density at radius 3 is 2.35 bits per heavy atom. The van der Waals surface area contributed by atoms with Crippen LogP contribution in [0, 0.1) is 6.92 Å². The van der Waals surface area contributed by atoms with Gasteiger partial charge in [-0.25, -0.2) is 0 Å². The summed E-state index contributed by atoms with van der Waals surface area (Å²) < 4.78 is 0. The van der Waals surface area contributed by atoms with E-state index < -0.39 is 0 Å². The van der Waals surface area contributed by atoms with E-state index in [9.17, 15) is 9.59 Å². The third kappa shape index (κ3) is 5.32. The fourth-order valence-electron chi connectivity index (χ4n) is 3.29. The van der Waals surface area contributed by atoms with Gasteiger partial charge in [-0.15, -0.1) is 11.8 Å². The zero-order chi connectivity index (χ0) is 21.6. The number of anilines is 2. The number of aryl methyl sites for hydroxylation is 1. The lowest BCUT2D eigenvalue weighted by Crippen LogP contribution is -2.14. The molecular weight excluding hydrogens is 404 g/mol. The molecule has 2 N–H and O–H groups in total. The average Bonchev–Trinajstić information content (AvgIpc) is 2.79. The van der Waals surface area contributed by atoms with E-state index >= 15 is 0 Å². The van der Waals surface area contributed by atoms with Crippen LogP contribution in [0.25, 0.3) is 10.8 Å². The molecule has 0 heterocycles. The van der Waals surface area contributed by atoms with Crippen molar-refractivity contribution in [2.24, 2.45) is 0 Å². The van der Waals surface area contributed by atoms with Crippen molar-refractivity contribution in [2.45, 2.75) is 11.8 Å². The predicted molar refractivity (Wildman–Crippen MR) is 129 cm³/mol. The predicted octanol–water partition coefficient (Wildman–Crippen LogP) is 6.13. The summed E-state index contributed by atoms with van der Waals surface area (Å²) >= 11 is 1.45. The molecule has 4 aromatic rings. The number of fused-ring (bicyclic) bond motifs is 1. The SMILES string of the molecule is Cc1cccc(C(=O)Nc2ccc(SCC(=O)Nc3cccc4ccccc34)cc2)c1. The van der Waals surface area contributed by atoms with Gasteiger partial charge in [0.1, 0.15) is 0 Å². The quantitative estimate of drug-likeness (QED) is 0.365. The molecule has 4 nitrogen and oxygen atoms in total. The van der Waals surface area contributed by atoms with Crippen molar-refractivity contribution in [1.29, 1.82) is 0 Å². The zero-order valence-corrected chi connectivity index (χ0v) is 17.9. The molecular formula is C26H22N2O2S. The standard InChI is InChI=1S/C26H22N2O2S/c1-18-6-4-9-20(16-18)26(30)27-21-12-14-22(15-13-21)31-17-25(29)28-24-11-5-8-19-7-2-3-10-23(19)24/h2-16H,17H2,1H3,(H,27,30)(H,28,29). The monoisotopic (exact) mass is 426 g/mol. The Bertz CT molecular complexity index is 1230. The Hall–Kier alpha value is -3.57. The first-order valence-electron chi connectivity index (χ1n) is 9.97. The second kappa shape index (κ2) is 9.49. The Morgan fingerprint density at radius 2 is 1.55 bits per heavy atom. The van der Waals surface area contributed by atoms with Gasteiger partial charge in [-0.3, -0.25) is 9.59 Å². The highest BCUT2D eigenvalue weighted by Crippen LogP contribution is 2.24. The number of nitrogens with one attached hydrogen (secondary N) is 2. The topological polar surface area (TPSA) is 58.2 Å². The molecule has 0 spiro atoms. The van der Waals surface area contributed by atoms with Crippen LogP contribution in [0.2, 0.25) is 0 Å². The van der Waals surface area contributed by atoms with Gasteiger partial charge in [0.2, 0.25) is 5.91 Å². The summed E-state index contributed by atoms with van der Waals surface area (Å²) in [5, 5.41) is 8.02. The average molecular weight is 427 g/mol. The van der Waals surface area contributed by atoms with Crippen LogP contribution in [0.1, 0.15) is 15.9 Å². The molecule has 31 heavy (non-hydrogen) atoms. The molecule has 2 amide bonds. The summed E-state index contributed by atoms with van der Waals surface area (Å²) in [6.45, 7) is 1.96. The maximum absolute atomic E-state index is 12.4. The van der Waals surface area contributed by atoms with Gasteiger partial charge in [-0.05, 0) is 54.8 Å². The van der Waals surface area contributed by atoms with E-state index in [1.807, 2.05) is 91.9 Å². The minimum absolute atomic E-state index is 0.0572. The molecule has 0 aliphatic carbocycles. The largest absolute Gasteiger partial charge is 0.325 e. The maximum Gasteiger partial charge on any atom is 0.255 e. The molecule has 0 aliphatic heterocycles. The smallest absolute Gasteiger partial charge is 0.255 e. The normalized spacial score (nSPS) is 10.6. The molecule has 0 bridgehead atoms. The van der Waals surface area contributed by atoms with E-state index in [-0.39, 0.29) is 11.8 Å². The lowest BCUT2D eigenvalue weighted by atomic mass is 10.1. The fourth-order valence-corrected chi connectivity index (χ4v) is 3.99. The van der Waals surface area contributed by atoms with E-state index in [0.717, 1.165) is 32.6 Å².